The van der Waals surface area contributed by atoms with Crippen molar-refractivity contribution in [1.29, 1.82) is 0 Å². The quantitative estimate of drug-likeness (QED) is 0.788. The summed E-state index contributed by atoms with van der Waals surface area (Å²) in [5, 5.41) is 10.5. The van der Waals surface area contributed by atoms with Crippen LogP contribution in [0.25, 0.3) is 10.9 Å². The molecule has 4 heteroatoms. The second kappa shape index (κ2) is 5.27. The Labute approximate surface area is 116 Å². The number of fused-ring (bicyclic) bond motifs is 1. The van der Waals surface area contributed by atoms with Gasteiger partial charge in [-0.3, -0.25) is 9.97 Å². The van der Waals surface area contributed by atoms with E-state index in [9.17, 15) is 5.11 Å². The molecule has 1 unspecified atom stereocenters. The van der Waals surface area contributed by atoms with Gasteiger partial charge in [0.1, 0.15) is 11.5 Å². The number of nitrogens with zero attached hydrogens (tertiary/aromatic N) is 2. The molecule has 1 aromatic carbocycles. The van der Waals surface area contributed by atoms with Gasteiger partial charge in [0, 0.05) is 17.6 Å². The van der Waals surface area contributed by atoms with Gasteiger partial charge in [0.25, 0.3) is 0 Å². The van der Waals surface area contributed by atoms with Crippen molar-refractivity contribution < 1.29 is 9.84 Å². The zero-order valence-corrected chi connectivity index (χ0v) is 11.0. The first-order chi connectivity index (χ1) is 9.72. The van der Waals surface area contributed by atoms with Crippen molar-refractivity contribution in [1.82, 2.24) is 9.97 Å². The Morgan fingerprint density at radius 3 is 2.65 bits per heavy atom. The standard InChI is InChI=1S/C16H14N2O2/c1-11(19)15-7-6-14(10-18-15)20-13-5-4-12-3-2-8-17-16(12)9-13/h2-11,19H,1H3. The van der Waals surface area contributed by atoms with Crippen LogP contribution in [0, 0.1) is 0 Å². The Kier molecular flexibility index (Phi) is 3.31. The molecular weight excluding hydrogens is 252 g/mol. The number of hydrogen-bond acceptors (Lipinski definition) is 4. The van der Waals surface area contributed by atoms with E-state index in [2.05, 4.69) is 9.97 Å². The number of ether oxygens (including phenoxy) is 1. The van der Waals surface area contributed by atoms with Gasteiger partial charge < -0.3 is 9.84 Å². The average Bonchev–Trinajstić information content (AvgIpc) is 2.48. The monoisotopic (exact) mass is 266 g/mol. The van der Waals surface area contributed by atoms with Gasteiger partial charge in [0.15, 0.2) is 0 Å². The maximum atomic E-state index is 9.41. The minimum absolute atomic E-state index is 0.575. The molecule has 0 saturated carbocycles. The van der Waals surface area contributed by atoms with Crippen molar-refractivity contribution in [3.63, 3.8) is 0 Å². The summed E-state index contributed by atoms with van der Waals surface area (Å²) in [6.07, 6.45) is 2.78. The van der Waals surface area contributed by atoms with Crippen molar-refractivity contribution in [3.05, 3.63) is 60.6 Å². The van der Waals surface area contributed by atoms with Gasteiger partial charge in [-0.15, -0.1) is 0 Å². The normalized spacial score (nSPS) is 12.3. The average molecular weight is 266 g/mol. The lowest BCUT2D eigenvalue weighted by atomic mass is 10.2. The molecule has 0 aliphatic rings. The zero-order valence-electron chi connectivity index (χ0n) is 11.0. The Hall–Kier alpha value is -2.46. The maximum Gasteiger partial charge on any atom is 0.145 e. The molecule has 1 N–H and O–H groups in total. The Morgan fingerprint density at radius 2 is 1.90 bits per heavy atom. The van der Waals surface area contributed by atoms with Crippen molar-refractivity contribution in [2.24, 2.45) is 0 Å². The van der Waals surface area contributed by atoms with Crippen molar-refractivity contribution in [2.75, 3.05) is 0 Å². The first-order valence-corrected chi connectivity index (χ1v) is 6.39. The van der Waals surface area contributed by atoms with E-state index in [-0.39, 0.29) is 0 Å². The molecule has 0 amide bonds. The van der Waals surface area contributed by atoms with E-state index in [1.165, 1.54) is 0 Å². The van der Waals surface area contributed by atoms with E-state index in [0.717, 1.165) is 10.9 Å². The minimum Gasteiger partial charge on any atom is -0.456 e. The third-order valence-corrected chi connectivity index (χ3v) is 3.00. The summed E-state index contributed by atoms with van der Waals surface area (Å²) in [4.78, 5) is 8.44. The Bertz CT molecular complexity index is 724. The highest BCUT2D eigenvalue weighted by atomic mass is 16.5. The van der Waals surface area contributed by atoms with Crippen molar-refractivity contribution in [3.8, 4) is 11.5 Å². The van der Waals surface area contributed by atoms with Crippen LogP contribution < -0.4 is 4.74 Å². The van der Waals surface area contributed by atoms with Crippen molar-refractivity contribution in [2.45, 2.75) is 13.0 Å². The number of hydrogen-bond donors (Lipinski definition) is 1. The molecule has 3 rings (SSSR count). The molecule has 0 spiro atoms. The third-order valence-electron chi connectivity index (χ3n) is 3.00. The molecular formula is C16H14N2O2. The number of benzene rings is 1. The summed E-state index contributed by atoms with van der Waals surface area (Å²) in [7, 11) is 0. The van der Waals surface area contributed by atoms with Crippen molar-refractivity contribution >= 4 is 10.9 Å². The van der Waals surface area contributed by atoms with Gasteiger partial charge in [-0.25, -0.2) is 0 Å². The van der Waals surface area contributed by atoms with Crippen LogP contribution in [0.1, 0.15) is 18.7 Å². The van der Waals surface area contributed by atoms with Gasteiger partial charge in [-0.1, -0.05) is 6.07 Å². The molecule has 4 nitrogen and oxygen atoms in total. The highest BCUT2D eigenvalue weighted by Gasteiger charge is 2.04. The summed E-state index contributed by atoms with van der Waals surface area (Å²) in [5.41, 5.74) is 1.51. The molecule has 2 heterocycles. The lowest BCUT2D eigenvalue weighted by Crippen LogP contribution is -1.95. The van der Waals surface area contributed by atoms with Gasteiger partial charge in [0.2, 0.25) is 0 Å². The Balaban J connectivity index is 1.85. The van der Waals surface area contributed by atoms with Crippen LogP contribution in [-0.2, 0) is 0 Å². The van der Waals surface area contributed by atoms with Crippen LogP contribution >= 0.6 is 0 Å². The van der Waals surface area contributed by atoms with E-state index < -0.39 is 6.10 Å². The molecule has 0 aliphatic carbocycles. The largest absolute Gasteiger partial charge is 0.456 e. The number of rotatable bonds is 3. The first kappa shape index (κ1) is 12.6. The molecule has 0 saturated heterocycles. The molecule has 100 valence electrons. The Morgan fingerprint density at radius 1 is 1.05 bits per heavy atom. The van der Waals surface area contributed by atoms with Crippen LogP contribution in [0.2, 0.25) is 0 Å². The van der Waals surface area contributed by atoms with Crippen LogP contribution in [-0.4, -0.2) is 15.1 Å². The fourth-order valence-corrected chi connectivity index (χ4v) is 1.95. The van der Waals surface area contributed by atoms with E-state index >= 15 is 0 Å². The molecule has 0 fully saturated rings. The highest BCUT2D eigenvalue weighted by Crippen LogP contribution is 2.24. The highest BCUT2D eigenvalue weighted by molar-refractivity contribution is 5.79. The maximum absolute atomic E-state index is 9.41. The van der Waals surface area contributed by atoms with Crippen LogP contribution in [0.5, 0.6) is 11.5 Å². The van der Waals surface area contributed by atoms with E-state index in [1.54, 1.807) is 31.5 Å². The topological polar surface area (TPSA) is 55.2 Å². The fourth-order valence-electron chi connectivity index (χ4n) is 1.95. The summed E-state index contributed by atoms with van der Waals surface area (Å²) in [5.74, 6) is 1.34. The van der Waals surface area contributed by atoms with E-state index in [0.29, 0.717) is 17.2 Å². The van der Waals surface area contributed by atoms with Gasteiger partial charge in [0.05, 0.1) is 23.5 Å². The lowest BCUT2D eigenvalue weighted by molar-refractivity contribution is 0.194. The van der Waals surface area contributed by atoms with E-state index in [1.807, 2.05) is 30.3 Å². The SMILES string of the molecule is CC(O)c1ccc(Oc2ccc3cccnc3c2)cn1. The van der Waals surface area contributed by atoms with Crippen LogP contribution in [0.4, 0.5) is 0 Å². The number of aliphatic hydroxyl groups is 1. The molecule has 0 radical (unpaired) electrons. The first-order valence-electron chi connectivity index (χ1n) is 6.39. The molecule has 0 bridgehead atoms. The smallest absolute Gasteiger partial charge is 0.145 e. The fraction of sp³-hybridized carbons (Fsp3) is 0.125. The minimum atomic E-state index is -0.575. The number of pyridine rings is 2. The van der Waals surface area contributed by atoms with Gasteiger partial charge in [-0.2, -0.15) is 0 Å². The number of aliphatic hydroxyl groups excluding tert-OH is 1. The molecule has 2 aromatic heterocycles. The van der Waals surface area contributed by atoms with Gasteiger partial charge in [-0.05, 0) is 37.3 Å². The molecule has 0 aliphatic heterocycles. The third kappa shape index (κ3) is 2.60. The second-order valence-corrected chi connectivity index (χ2v) is 4.55. The lowest BCUT2D eigenvalue weighted by Gasteiger charge is -2.08. The molecule has 20 heavy (non-hydrogen) atoms. The summed E-state index contributed by atoms with van der Waals surface area (Å²) in [6.45, 7) is 1.68. The van der Waals surface area contributed by atoms with E-state index in [4.69, 9.17) is 4.74 Å². The molecule has 3 aromatic rings. The number of aromatic nitrogens is 2. The summed E-state index contributed by atoms with van der Waals surface area (Å²) >= 11 is 0. The summed E-state index contributed by atoms with van der Waals surface area (Å²) in [6, 6.07) is 13.2. The second-order valence-electron chi connectivity index (χ2n) is 4.55. The van der Waals surface area contributed by atoms with Crippen LogP contribution in [0.3, 0.4) is 0 Å². The van der Waals surface area contributed by atoms with Gasteiger partial charge >= 0.3 is 0 Å². The zero-order chi connectivity index (χ0) is 13.9. The van der Waals surface area contributed by atoms with Crippen LogP contribution in [0.15, 0.2) is 54.9 Å². The summed E-state index contributed by atoms with van der Waals surface area (Å²) < 4.78 is 5.74. The molecule has 1 atom stereocenters. The predicted octanol–water partition coefficient (Wildman–Crippen LogP) is 3.48. The predicted molar refractivity (Wildman–Crippen MR) is 76.7 cm³/mol.